The van der Waals surface area contributed by atoms with Crippen molar-refractivity contribution in [2.24, 2.45) is 0 Å². The lowest BCUT2D eigenvalue weighted by molar-refractivity contribution is 0.0977. The minimum absolute atomic E-state index is 0.0137. The second-order valence-corrected chi connectivity index (χ2v) is 8.13. The van der Waals surface area contributed by atoms with Crippen LogP contribution in [0.5, 0.6) is 23.0 Å². The number of nitrogens with one attached hydrogen (secondary N) is 2. The number of rotatable bonds is 7. The summed E-state index contributed by atoms with van der Waals surface area (Å²) in [4.78, 5) is 25.6. The molecule has 0 aliphatic carbocycles. The van der Waals surface area contributed by atoms with Crippen LogP contribution in [0, 0.1) is 0 Å². The van der Waals surface area contributed by atoms with Gasteiger partial charge in [0.15, 0.2) is 16.6 Å². The number of carbonyl (C=O) groups excluding carboxylic acids is 1. The van der Waals surface area contributed by atoms with Gasteiger partial charge in [0.25, 0.3) is 5.91 Å². The van der Waals surface area contributed by atoms with Gasteiger partial charge < -0.3 is 28.7 Å². The lowest BCUT2D eigenvalue weighted by Gasteiger charge is -2.16. The van der Waals surface area contributed by atoms with Crippen molar-refractivity contribution >= 4 is 39.9 Å². The van der Waals surface area contributed by atoms with E-state index in [2.05, 4.69) is 10.6 Å². The summed E-state index contributed by atoms with van der Waals surface area (Å²) < 4.78 is 26.8. The summed E-state index contributed by atoms with van der Waals surface area (Å²) in [6, 6.07) is 17.2. The van der Waals surface area contributed by atoms with Crippen molar-refractivity contribution in [1.82, 2.24) is 5.32 Å². The molecule has 37 heavy (non-hydrogen) atoms. The smallest absolute Gasteiger partial charge is 0.344 e. The minimum Gasteiger partial charge on any atom is -0.495 e. The lowest BCUT2D eigenvalue weighted by Crippen LogP contribution is -2.34. The molecule has 0 aliphatic heterocycles. The van der Waals surface area contributed by atoms with Gasteiger partial charge in [-0.05, 0) is 54.2 Å². The van der Waals surface area contributed by atoms with Crippen molar-refractivity contribution in [1.29, 1.82) is 0 Å². The van der Waals surface area contributed by atoms with E-state index >= 15 is 0 Å². The van der Waals surface area contributed by atoms with Crippen molar-refractivity contribution in [3.8, 4) is 34.1 Å². The Morgan fingerprint density at radius 3 is 2.16 bits per heavy atom. The Kier molecular flexibility index (Phi) is 7.59. The Bertz CT molecular complexity index is 1520. The summed E-state index contributed by atoms with van der Waals surface area (Å²) in [5.41, 5.74) is 1.67. The molecule has 0 saturated carbocycles. The van der Waals surface area contributed by atoms with Crippen LogP contribution < -0.4 is 35.2 Å². The van der Waals surface area contributed by atoms with Gasteiger partial charge in [0.2, 0.25) is 5.75 Å². The lowest BCUT2D eigenvalue weighted by atomic mass is 10.0. The standard InChI is InChI=1S/C27H24N2O7S/c1-32-21-10-9-15(18-11-16-7-5-6-8-20(16)36-26(18)31)12-19(21)28-27(37)29-25(30)17-13-22(33-2)24(35-4)23(14-17)34-3/h5-14H,1-4H3,(H2,28,29,30,37). The minimum atomic E-state index is -0.498. The zero-order chi connectivity index (χ0) is 26.5. The fraction of sp³-hybridized carbons (Fsp3) is 0.148. The van der Waals surface area contributed by atoms with Gasteiger partial charge in [0.1, 0.15) is 11.3 Å². The fourth-order valence-electron chi connectivity index (χ4n) is 3.78. The van der Waals surface area contributed by atoms with Crippen LogP contribution in [-0.2, 0) is 0 Å². The molecule has 4 rings (SSSR count). The number of fused-ring (bicyclic) bond motifs is 1. The number of hydrogen-bond acceptors (Lipinski definition) is 8. The van der Waals surface area contributed by atoms with Crippen LogP contribution in [0.4, 0.5) is 5.69 Å². The first-order valence-electron chi connectivity index (χ1n) is 11.0. The van der Waals surface area contributed by atoms with Crippen LogP contribution in [0.1, 0.15) is 10.4 Å². The third-order valence-corrected chi connectivity index (χ3v) is 5.76. The quantitative estimate of drug-likeness (QED) is 0.267. The first-order valence-corrected chi connectivity index (χ1v) is 11.4. The number of benzene rings is 3. The van der Waals surface area contributed by atoms with E-state index in [0.29, 0.717) is 45.4 Å². The molecule has 0 radical (unpaired) electrons. The fourth-order valence-corrected chi connectivity index (χ4v) is 3.98. The normalized spacial score (nSPS) is 10.5. The monoisotopic (exact) mass is 520 g/mol. The molecule has 1 heterocycles. The van der Waals surface area contributed by atoms with Crippen LogP contribution in [-0.4, -0.2) is 39.5 Å². The van der Waals surface area contributed by atoms with Gasteiger partial charge in [-0.2, -0.15) is 0 Å². The molecule has 2 N–H and O–H groups in total. The number of ether oxygens (including phenoxy) is 4. The average Bonchev–Trinajstić information content (AvgIpc) is 2.91. The van der Waals surface area contributed by atoms with E-state index in [4.69, 9.17) is 35.6 Å². The molecule has 0 bridgehead atoms. The molecular weight excluding hydrogens is 496 g/mol. The molecule has 0 aliphatic rings. The highest BCUT2D eigenvalue weighted by molar-refractivity contribution is 7.80. The van der Waals surface area contributed by atoms with Gasteiger partial charge in [-0.3, -0.25) is 10.1 Å². The number of hydrogen-bond donors (Lipinski definition) is 2. The third-order valence-electron chi connectivity index (χ3n) is 5.55. The maximum atomic E-state index is 12.9. The molecule has 9 nitrogen and oxygen atoms in total. The van der Waals surface area contributed by atoms with Gasteiger partial charge in [0, 0.05) is 10.9 Å². The van der Waals surface area contributed by atoms with E-state index in [-0.39, 0.29) is 10.7 Å². The summed E-state index contributed by atoms with van der Waals surface area (Å²) in [6.45, 7) is 0. The molecule has 0 unspecified atom stereocenters. The van der Waals surface area contributed by atoms with Gasteiger partial charge in [-0.15, -0.1) is 0 Å². The van der Waals surface area contributed by atoms with Crippen molar-refractivity contribution in [2.75, 3.05) is 33.8 Å². The number of methoxy groups -OCH3 is 4. The topological polar surface area (TPSA) is 108 Å². The highest BCUT2D eigenvalue weighted by Crippen LogP contribution is 2.38. The molecule has 0 spiro atoms. The Balaban J connectivity index is 1.60. The predicted octanol–water partition coefficient (Wildman–Crippen LogP) is 4.62. The van der Waals surface area contributed by atoms with Crippen LogP contribution in [0.15, 0.2) is 69.9 Å². The van der Waals surface area contributed by atoms with E-state index in [1.807, 2.05) is 12.1 Å². The van der Waals surface area contributed by atoms with E-state index in [9.17, 15) is 9.59 Å². The van der Waals surface area contributed by atoms with Crippen molar-refractivity contribution in [3.05, 3.63) is 76.6 Å². The van der Waals surface area contributed by atoms with Crippen molar-refractivity contribution < 1.29 is 28.2 Å². The SMILES string of the molecule is COc1ccc(-c2cc3ccccc3oc2=O)cc1NC(=S)NC(=O)c1cc(OC)c(OC)c(OC)c1. The van der Waals surface area contributed by atoms with Crippen LogP contribution in [0.25, 0.3) is 22.1 Å². The van der Waals surface area contributed by atoms with Gasteiger partial charge in [0.05, 0.1) is 39.7 Å². The molecule has 0 saturated heterocycles. The summed E-state index contributed by atoms with van der Waals surface area (Å²) >= 11 is 5.37. The zero-order valence-electron chi connectivity index (χ0n) is 20.5. The second kappa shape index (κ2) is 11.0. The summed E-state index contributed by atoms with van der Waals surface area (Å²) in [5.74, 6) is 0.978. The van der Waals surface area contributed by atoms with Gasteiger partial charge in [-0.25, -0.2) is 4.79 Å². The molecule has 4 aromatic rings. The van der Waals surface area contributed by atoms with E-state index < -0.39 is 11.5 Å². The molecule has 1 amide bonds. The maximum absolute atomic E-state index is 12.9. The van der Waals surface area contributed by atoms with E-state index in [1.54, 1.807) is 36.4 Å². The van der Waals surface area contributed by atoms with E-state index in [0.717, 1.165) is 5.39 Å². The first kappa shape index (κ1) is 25.5. The Labute approximate surface area is 217 Å². The first-order chi connectivity index (χ1) is 17.9. The van der Waals surface area contributed by atoms with Crippen LogP contribution in [0.2, 0.25) is 0 Å². The maximum Gasteiger partial charge on any atom is 0.344 e. The molecule has 3 aromatic carbocycles. The molecule has 190 valence electrons. The van der Waals surface area contributed by atoms with Crippen LogP contribution in [0.3, 0.4) is 0 Å². The molecule has 10 heteroatoms. The summed E-state index contributed by atoms with van der Waals surface area (Å²) in [7, 11) is 5.89. The molecular formula is C27H24N2O7S. The predicted molar refractivity (Wildman–Crippen MR) is 144 cm³/mol. The highest BCUT2D eigenvalue weighted by atomic mass is 32.1. The highest BCUT2D eigenvalue weighted by Gasteiger charge is 2.18. The molecule has 1 aromatic heterocycles. The molecule has 0 fully saturated rings. The molecule has 0 atom stereocenters. The number of thiocarbonyl (C=S) groups is 1. The largest absolute Gasteiger partial charge is 0.495 e. The zero-order valence-corrected chi connectivity index (χ0v) is 21.4. The Hall–Kier alpha value is -4.57. The average molecular weight is 521 g/mol. The van der Waals surface area contributed by atoms with Crippen LogP contribution >= 0.6 is 12.2 Å². The number of amides is 1. The number of carbonyl (C=O) groups is 1. The third kappa shape index (κ3) is 5.34. The van der Waals surface area contributed by atoms with Crippen molar-refractivity contribution in [3.63, 3.8) is 0 Å². The van der Waals surface area contributed by atoms with Gasteiger partial charge >= 0.3 is 5.63 Å². The number of para-hydroxylation sites is 1. The Morgan fingerprint density at radius 2 is 1.51 bits per heavy atom. The van der Waals surface area contributed by atoms with Gasteiger partial charge in [-0.1, -0.05) is 24.3 Å². The summed E-state index contributed by atoms with van der Waals surface area (Å²) in [6.07, 6.45) is 0. The van der Waals surface area contributed by atoms with Crippen molar-refractivity contribution in [2.45, 2.75) is 0 Å². The Morgan fingerprint density at radius 1 is 0.838 bits per heavy atom. The summed E-state index contributed by atoms with van der Waals surface area (Å²) in [5, 5.41) is 6.39. The number of anilines is 1. The second-order valence-electron chi connectivity index (χ2n) is 7.72. The van der Waals surface area contributed by atoms with E-state index in [1.165, 1.54) is 40.6 Å².